The van der Waals surface area contributed by atoms with E-state index >= 15 is 0 Å². The van der Waals surface area contributed by atoms with Crippen LogP contribution in [0.5, 0.6) is 0 Å². The Hall–Kier alpha value is -1.44. The van der Waals surface area contributed by atoms with Crippen LogP contribution in [0.1, 0.15) is 24.5 Å². The highest BCUT2D eigenvalue weighted by Crippen LogP contribution is 2.24. The van der Waals surface area contributed by atoms with Gasteiger partial charge in [0.25, 0.3) is 0 Å². The molecular weight excluding hydrogens is 241 g/mol. The minimum Gasteiger partial charge on any atom is -0.330 e. The van der Waals surface area contributed by atoms with Crippen molar-refractivity contribution in [3.63, 3.8) is 0 Å². The first kappa shape index (κ1) is 14.0. The molecule has 0 amide bonds. The second kappa shape index (κ2) is 6.14. The maximum absolute atomic E-state index is 13.1. The van der Waals surface area contributed by atoms with Gasteiger partial charge in [0.15, 0.2) is 0 Å². The van der Waals surface area contributed by atoms with Gasteiger partial charge in [0.1, 0.15) is 5.82 Å². The largest absolute Gasteiger partial charge is 0.330 e. The van der Waals surface area contributed by atoms with Gasteiger partial charge in [0, 0.05) is 13.1 Å². The number of likely N-dealkylation sites (tertiary alicyclic amines) is 1. The van der Waals surface area contributed by atoms with Gasteiger partial charge in [-0.15, -0.1) is 0 Å². The van der Waals surface area contributed by atoms with Gasteiger partial charge in [-0.3, -0.25) is 4.90 Å². The molecule has 0 spiro atoms. The first-order valence-corrected chi connectivity index (χ1v) is 6.75. The van der Waals surface area contributed by atoms with E-state index in [1.54, 1.807) is 6.07 Å². The van der Waals surface area contributed by atoms with Gasteiger partial charge in [0.05, 0.1) is 11.6 Å². The lowest BCUT2D eigenvalue weighted by atomic mass is 9.87. The molecule has 0 saturated carbocycles. The quantitative estimate of drug-likeness (QED) is 0.906. The molecule has 19 heavy (non-hydrogen) atoms. The van der Waals surface area contributed by atoms with Gasteiger partial charge in [-0.2, -0.15) is 5.26 Å². The molecule has 2 N–H and O–H groups in total. The summed E-state index contributed by atoms with van der Waals surface area (Å²) < 4.78 is 13.1. The number of piperidine rings is 1. The highest BCUT2D eigenvalue weighted by atomic mass is 19.1. The summed E-state index contributed by atoms with van der Waals surface area (Å²) in [5.41, 5.74) is 7.13. The molecule has 1 aromatic rings. The number of nitrogens with two attached hydrogens (primary N) is 1. The van der Waals surface area contributed by atoms with Crippen LogP contribution in [-0.4, -0.2) is 24.5 Å². The van der Waals surface area contributed by atoms with Gasteiger partial charge in [-0.25, -0.2) is 4.39 Å². The normalized spacial score (nSPS) is 24.1. The Morgan fingerprint density at radius 1 is 1.53 bits per heavy atom. The number of hydrogen-bond acceptors (Lipinski definition) is 3. The first-order valence-electron chi connectivity index (χ1n) is 6.75. The van der Waals surface area contributed by atoms with Crippen molar-refractivity contribution in [1.82, 2.24) is 4.90 Å². The third kappa shape index (κ3) is 3.31. The molecule has 2 atom stereocenters. The molecule has 0 aliphatic carbocycles. The molecule has 1 aromatic carbocycles. The van der Waals surface area contributed by atoms with E-state index in [1.807, 2.05) is 0 Å². The maximum atomic E-state index is 13.1. The van der Waals surface area contributed by atoms with Crippen LogP contribution in [0.25, 0.3) is 0 Å². The molecule has 3 nitrogen and oxygen atoms in total. The lowest BCUT2D eigenvalue weighted by Gasteiger charge is -2.36. The first-order chi connectivity index (χ1) is 9.13. The predicted octanol–water partition coefficient (Wildman–Crippen LogP) is 2.11. The highest BCUT2D eigenvalue weighted by Gasteiger charge is 2.25. The molecule has 2 rings (SSSR count). The monoisotopic (exact) mass is 261 g/mol. The van der Waals surface area contributed by atoms with Crippen LogP contribution >= 0.6 is 0 Å². The van der Waals surface area contributed by atoms with Gasteiger partial charge < -0.3 is 5.73 Å². The van der Waals surface area contributed by atoms with Gasteiger partial charge in [-0.05, 0) is 49.0 Å². The van der Waals surface area contributed by atoms with Crippen LogP contribution in [0, 0.1) is 29.0 Å². The fourth-order valence-corrected chi connectivity index (χ4v) is 2.71. The number of halogens is 1. The van der Waals surface area contributed by atoms with Gasteiger partial charge >= 0.3 is 0 Å². The number of benzene rings is 1. The predicted molar refractivity (Wildman–Crippen MR) is 72.7 cm³/mol. The third-order valence-corrected chi connectivity index (χ3v) is 4.09. The van der Waals surface area contributed by atoms with E-state index in [9.17, 15) is 4.39 Å². The van der Waals surface area contributed by atoms with Gasteiger partial charge in [0.2, 0.25) is 0 Å². The Labute approximate surface area is 113 Å². The highest BCUT2D eigenvalue weighted by molar-refractivity contribution is 5.37. The van der Waals surface area contributed by atoms with E-state index in [0.717, 1.165) is 25.1 Å². The second-order valence-corrected chi connectivity index (χ2v) is 5.41. The van der Waals surface area contributed by atoms with E-state index < -0.39 is 0 Å². The van der Waals surface area contributed by atoms with Crippen molar-refractivity contribution in [2.45, 2.75) is 19.9 Å². The topological polar surface area (TPSA) is 53.0 Å². The Balaban J connectivity index is 2.08. The van der Waals surface area contributed by atoms with Crippen LogP contribution in [0.3, 0.4) is 0 Å². The number of rotatable bonds is 3. The zero-order valence-electron chi connectivity index (χ0n) is 11.3. The molecular formula is C15H20FN3. The van der Waals surface area contributed by atoms with Gasteiger partial charge in [-0.1, -0.05) is 13.0 Å². The zero-order chi connectivity index (χ0) is 13.8. The fourth-order valence-electron chi connectivity index (χ4n) is 2.71. The summed E-state index contributed by atoms with van der Waals surface area (Å²) >= 11 is 0. The summed E-state index contributed by atoms with van der Waals surface area (Å²) in [5, 5.41) is 9.06. The number of hydrogen-bond donors (Lipinski definition) is 1. The van der Waals surface area contributed by atoms with Crippen LogP contribution in [0.15, 0.2) is 18.2 Å². The Morgan fingerprint density at radius 2 is 2.32 bits per heavy atom. The van der Waals surface area contributed by atoms with Crippen molar-refractivity contribution in [2.24, 2.45) is 17.6 Å². The summed E-state index contributed by atoms with van der Waals surface area (Å²) in [6, 6.07) is 6.51. The van der Waals surface area contributed by atoms with Crippen LogP contribution in [0.2, 0.25) is 0 Å². The average molecular weight is 261 g/mol. The van der Waals surface area contributed by atoms with Crippen molar-refractivity contribution in [2.75, 3.05) is 19.6 Å². The molecule has 1 saturated heterocycles. The zero-order valence-corrected chi connectivity index (χ0v) is 11.3. The average Bonchev–Trinajstić information content (AvgIpc) is 2.42. The Kier molecular flexibility index (Phi) is 4.52. The Bertz CT molecular complexity index is 481. The molecule has 1 fully saturated rings. The van der Waals surface area contributed by atoms with Crippen molar-refractivity contribution in [3.8, 4) is 6.07 Å². The summed E-state index contributed by atoms with van der Waals surface area (Å²) in [5.74, 6) is 0.817. The minimum absolute atomic E-state index is 0.354. The summed E-state index contributed by atoms with van der Waals surface area (Å²) in [7, 11) is 0. The standard InChI is InChI=1S/C15H20FN3/c1-11-4-5-19(10-14(11)8-18)9-12-2-3-15(16)6-13(12)7-17/h2-3,6,11,14H,4-5,8-10,18H2,1H3. The molecule has 0 aromatic heterocycles. The van der Waals surface area contributed by atoms with E-state index in [-0.39, 0.29) is 5.82 Å². The van der Waals surface area contributed by atoms with E-state index in [1.165, 1.54) is 12.1 Å². The molecule has 0 radical (unpaired) electrons. The second-order valence-electron chi connectivity index (χ2n) is 5.41. The molecule has 4 heteroatoms. The number of nitriles is 1. The molecule has 1 aliphatic heterocycles. The van der Waals surface area contributed by atoms with Crippen LogP contribution < -0.4 is 5.73 Å². The lowest BCUT2D eigenvalue weighted by molar-refractivity contribution is 0.126. The molecule has 1 heterocycles. The Morgan fingerprint density at radius 3 is 3.00 bits per heavy atom. The molecule has 2 unspecified atom stereocenters. The maximum Gasteiger partial charge on any atom is 0.124 e. The van der Waals surface area contributed by atoms with E-state index in [2.05, 4.69) is 17.9 Å². The fraction of sp³-hybridized carbons (Fsp3) is 0.533. The summed E-state index contributed by atoms with van der Waals surface area (Å²) in [6.45, 7) is 5.62. The van der Waals surface area contributed by atoms with Crippen molar-refractivity contribution < 1.29 is 4.39 Å². The summed E-state index contributed by atoms with van der Waals surface area (Å²) in [4.78, 5) is 2.31. The SMILES string of the molecule is CC1CCN(Cc2ccc(F)cc2C#N)CC1CN. The third-order valence-electron chi connectivity index (χ3n) is 4.09. The molecule has 1 aliphatic rings. The minimum atomic E-state index is -0.354. The lowest BCUT2D eigenvalue weighted by Crippen LogP contribution is -2.42. The smallest absolute Gasteiger partial charge is 0.124 e. The molecule has 102 valence electrons. The molecule has 0 bridgehead atoms. The van der Waals surface area contributed by atoms with Crippen molar-refractivity contribution >= 4 is 0 Å². The van der Waals surface area contributed by atoms with E-state index in [0.29, 0.717) is 30.5 Å². The number of nitrogens with zero attached hydrogens (tertiary/aromatic N) is 2. The summed E-state index contributed by atoms with van der Waals surface area (Å²) in [6.07, 6.45) is 1.13. The van der Waals surface area contributed by atoms with Crippen LogP contribution in [-0.2, 0) is 6.54 Å². The van der Waals surface area contributed by atoms with Crippen molar-refractivity contribution in [3.05, 3.63) is 35.1 Å². The van der Waals surface area contributed by atoms with E-state index in [4.69, 9.17) is 11.0 Å². The van der Waals surface area contributed by atoms with Crippen LogP contribution in [0.4, 0.5) is 4.39 Å². The van der Waals surface area contributed by atoms with Crippen molar-refractivity contribution in [1.29, 1.82) is 5.26 Å².